The lowest BCUT2D eigenvalue weighted by Gasteiger charge is -2.08. The van der Waals surface area contributed by atoms with Crippen molar-refractivity contribution in [1.82, 2.24) is 0 Å². The van der Waals surface area contributed by atoms with E-state index in [1.807, 2.05) is 24.3 Å². The van der Waals surface area contributed by atoms with Crippen molar-refractivity contribution in [3.05, 3.63) is 36.1 Å². The normalized spacial score (nSPS) is 13.3. The number of furan rings is 1. The Labute approximate surface area is 83.2 Å². The van der Waals surface area contributed by atoms with Crippen LogP contribution in [0.5, 0.6) is 0 Å². The van der Waals surface area contributed by atoms with Crippen LogP contribution in [0.3, 0.4) is 0 Å². The molecule has 0 saturated heterocycles. The molecule has 1 aromatic heterocycles. The van der Waals surface area contributed by atoms with Crippen molar-refractivity contribution in [1.29, 1.82) is 0 Å². The second-order valence-electron chi connectivity index (χ2n) is 3.52. The number of aliphatic hydroxyl groups excluding tert-OH is 1. The van der Waals surface area contributed by atoms with Gasteiger partial charge in [0.25, 0.3) is 0 Å². The summed E-state index contributed by atoms with van der Waals surface area (Å²) in [6, 6.07) is 7.73. The Morgan fingerprint density at radius 3 is 3.00 bits per heavy atom. The summed E-state index contributed by atoms with van der Waals surface area (Å²) in [5, 5.41) is 10.8. The summed E-state index contributed by atoms with van der Waals surface area (Å²) in [6.07, 6.45) is 3.12. The Hall–Kier alpha value is -1.28. The molecule has 0 unspecified atom stereocenters. The van der Waals surface area contributed by atoms with Gasteiger partial charge in [0.2, 0.25) is 0 Å². The Kier molecular flexibility index (Phi) is 2.55. The molecule has 0 spiro atoms. The minimum absolute atomic E-state index is 0.348. The fourth-order valence-corrected chi connectivity index (χ4v) is 1.63. The fourth-order valence-electron chi connectivity index (χ4n) is 1.63. The third kappa shape index (κ3) is 1.66. The molecule has 0 bridgehead atoms. The van der Waals surface area contributed by atoms with Crippen LogP contribution in [0.4, 0.5) is 0 Å². The van der Waals surface area contributed by atoms with Crippen LogP contribution in [0.25, 0.3) is 11.0 Å². The summed E-state index contributed by atoms with van der Waals surface area (Å²) >= 11 is 0. The van der Waals surface area contributed by atoms with Gasteiger partial charge in [-0.15, -0.1) is 0 Å². The van der Waals surface area contributed by atoms with Crippen LogP contribution in [0.2, 0.25) is 0 Å². The zero-order valence-electron chi connectivity index (χ0n) is 8.23. The maximum absolute atomic E-state index is 9.79. The molecular formula is C12H14O2. The van der Waals surface area contributed by atoms with Gasteiger partial charge in [0, 0.05) is 5.39 Å². The standard InChI is InChI=1S/C12H14O2/c1-2-3-11(13)9-4-5-12-10(8-9)6-7-14-12/h4-8,11,13H,2-3H2,1H3/t11-/m0/s1. The Bertz CT molecular complexity index is 417. The predicted molar refractivity (Wildman–Crippen MR) is 56.1 cm³/mol. The van der Waals surface area contributed by atoms with E-state index in [0.717, 1.165) is 29.4 Å². The molecule has 2 aromatic rings. The average molecular weight is 190 g/mol. The van der Waals surface area contributed by atoms with Crippen LogP contribution in [0.1, 0.15) is 31.4 Å². The quantitative estimate of drug-likeness (QED) is 0.805. The van der Waals surface area contributed by atoms with Crippen molar-refractivity contribution in [2.75, 3.05) is 0 Å². The summed E-state index contributed by atoms with van der Waals surface area (Å²) in [5.41, 5.74) is 1.85. The van der Waals surface area contributed by atoms with Gasteiger partial charge in [0.1, 0.15) is 5.58 Å². The lowest BCUT2D eigenvalue weighted by Crippen LogP contribution is -1.95. The molecule has 74 valence electrons. The average Bonchev–Trinajstić information content (AvgIpc) is 2.64. The van der Waals surface area contributed by atoms with E-state index in [1.54, 1.807) is 6.26 Å². The molecule has 1 N–H and O–H groups in total. The van der Waals surface area contributed by atoms with E-state index < -0.39 is 0 Å². The molecule has 0 radical (unpaired) electrons. The third-order valence-electron chi connectivity index (χ3n) is 2.42. The van der Waals surface area contributed by atoms with E-state index in [9.17, 15) is 5.11 Å². The molecule has 0 aliphatic carbocycles. The molecule has 0 amide bonds. The number of rotatable bonds is 3. The van der Waals surface area contributed by atoms with Crippen molar-refractivity contribution in [3.8, 4) is 0 Å². The smallest absolute Gasteiger partial charge is 0.133 e. The topological polar surface area (TPSA) is 33.4 Å². The molecular weight excluding hydrogens is 176 g/mol. The first-order chi connectivity index (χ1) is 6.81. The number of aliphatic hydroxyl groups is 1. The molecule has 2 rings (SSSR count). The fraction of sp³-hybridized carbons (Fsp3) is 0.333. The van der Waals surface area contributed by atoms with Gasteiger partial charge in [-0.1, -0.05) is 19.4 Å². The third-order valence-corrected chi connectivity index (χ3v) is 2.42. The van der Waals surface area contributed by atoms with E-state index in [1.165, 1.54) is 0 Å². The molecule has 1 atom stereocenters. The molecule has 14 heavy (non-hydrogen) atoms. The molecule has 1 aromatic carbocycles. The summed E-state index contributed by atoms with van der Waals surface area (Å²) in [5.74, 6) is 0. The minimum Gasteiger partial charge on any atom is -0.464 e. The summed E-state index contributed by atoms with van der Waals surface area (Å²) in [6.45, 7) is 2.07. The first-order valence-corrected chi connectivity index (χ1v) is 4.96. The van der Waals surface area contributed by atoms with E-state index in [0.29, 0.717) is 0 Å². The summed E-state index contributed by atoms with van der Waals surface area (Å²) in [4.78, 5) is 0. The second kappa shape index (κ2) is 3.84. The second-order valence-corrected chi connectivity index (χ2v) is 3.52. The predicted octanol–water partition coefficient (Wildman–Crippen LogP) is 3.27. The molecule has 0 fully saturated rings. The van der Waals surface area contributed by atoms with Crippen molar-refractivity contribution in [3.63, 3.8) is 0 Å². The highest BCUT2D eigenvalue weighted by Crippen LogP contribution is 2.23. The number of hydrogen-bond donors (Lipinski definition) is 1. The highest BCUT2D eigenvalue weighted by atomic mass is 16.3. The maximum atomic E-state index is 9.79. The van der Waals surface area contributed by atoms with Crippen molar-refractivity contribution in [2.45, 2.75) is 25.9 Å². The minimum atomic E-state index is -0.348. The van der Waals surface area contributed by atoms with Crippen LogP contribution in [-0.4, -0.2) is 5.11 Å². The summed E-state index contributed by atoms with van der Waals surface area (Å²) < 4.78 is 5.23. The van der Waals surface area contributed by atoms with Gasteiger partial charge in [0.05, 0.1) is 12.4 Å². The van der Waals surface area contributed by atoms with E-state index in [-0.39, 0.29) is 6.10 Å². The van der Waals surface area contributed by atoms with Crippen LogP contribution < -0.4 is 0 Å². The molecule has 1 heterocycles. The van der Waals surface area contributed by atoms with Crippen LogP contribution in [-0.2, 0) is 0 Å². The molecule has 2 nitrogen and oxygen atoms in total. The van der Waals surface area contributed by atoms with Gasteiger partial charge >= 0.3 is 0 Å². The van der Waals surface area contributed by atoms with Crippen molar-refractivity contribution in [2.24, 2.45) is 0 Å². The van der Waals surface area contributed by atoms with Gasteiger partial charge in [-0.2, -0.15) is 0 Å². The first kappa shape index (κ1) is 9.28. The van der Waals surface area contributed by atoms with Crippen molar-refractivity contribution < 1.29 is 9.52 Å². The first-order valence-electron chi connectivity index (χ1n) is 4.96. The number of fused-ring (bicyclic) bond motifs is 1. The molecule has 2 heteroatoms. The highest BCUT2D eigenvalue weighted by Gasteiger charge is 2.07. The van der Waals surface area contributed by atoms with Crippen molar-refractivity contribution >= 4 is 11.0 Å². The highest BCUT2D eigenvalue weighted by molar-refractivity contribution is 5.77. The summed E-state index contributed by atoms with van der Waals surface area (Å²) in [7, 11) is 0. The van der Waals surface area contributed by atoms with Gasteiger partial charge in [-0.3, -0.25) is 0 Å². The number of hydrogen-bond acceptors (Lipinski definition) is 2. The number of benzene rings is 1. The van der Waals surface area contributed by atoms with Crippen LogP contribution in [0.15, 0.2) is 34.9 Å². The van der Waals surface area contributed by atoms with Gasteiger partial charge in [0.15, 0.2) is 0 Å². The Morgan fingerprint density at radius 1 is 1.36 bits per heavy atom. The van der Waals surface area contributed by atoms with Gasteiger partial charge in [-0.25, -0.2) is 0 Å². The maximum Gasteiger partial charge on any atom is 0.133 e. The lowest BCUT2D eigenvalue weighted by atomic mass is 10.0. The van der Waals surface area contributed by atoms with Crippen LogP contribution >= 0.6 is 0 Å². The molecule has 0 aliphatic heterocycles. The largest absolute Gasteiger partial charge is 0.464 e. The Balaban J connectivity index is 2.33. The molecule has 0 aliphatic rings. The van der Waals surface area contributed by atoms with Crippen LogP contribution in [0, 0.1) is 0 Å². The lowest BCUT2D eigenvalue weighted by molar-refractivity contribution is 0.166. The zero-order chi connectivity index (χ0) is 9.97. The van der Waals surface area contributed by atoms with Gasteiger partial charge in [-0.05, 0) is 30.2 Å². The van der Waals surface area contributed by atoms with E-state index in [2.05, 4.69) is 6.92 Å². The van der Waals surface area contributed by atoms with E-state index in [4.69, 9.17) is 4.42 Å². The van der Waals surface area contributed by atoms with E-state index >= 15 is 0 Å². The SMILES string of the molecule is CCC[C@H](O)c1ccc2occc2c1. The zero-order valence-corrected chi connectivity index (χ0v) is 8.23. The Morgan fingerprint density at radius 2 is 2.21 bits per heavy atom. The monoisotopic (exact) mass is 190 g/mol. The van der Waals surface area contributed by atoms with Gasteiger partial charge < -0.3 is 9.52 Å². The molecule has 0 saturated carbocycles.